The molecule has 0 aromatic rings. The summed E-state index contributed by atoms with van der Waals surface area (Å²) in [6.07, 6.45) is 0.247. The number of aliphatic hydroxyl groups is 2. The van der Waals surface area contributed by atoms with Gasteiger partial charge in [-0.25, -0.2) is 9.59 Å². The summed E-state index contributed by atoms with van der Waals surface area (Å²) in [5.74, 6) is 0. The van der Waals surface area contributed by atoms with E-state index in [0.29, 0.717) is 26.1 Å². The van der Waals surface area contributed by atoms with Crippen LogP contribution in [-0.2, 0) is 14.2 Å². The number of rotatable bonds is 3. The zero-order valence-electron chi connectivity index (χ0n) is 22.2. The van der Waals surface area contributed by atoms with Gasteiger partial charge in [-0.1, -0.05) is 0 Å². The number of ether oxygens (including phenoxy) is 3. The summed E-state index contributed by atoms with van der Waals surface area (Å²) < 4.78 is 16.2. The van der Waals surface area contributed by atoms with Crippen LogP contribution in [0.5, 0.6) is 0 Å². The monoisotopic (exact) mass is 474 g/mol. The molecule has 2 fully saturated rings. The minimum atomic E-state index is -0.489. The normalized spacial score (nSPS) is 24.2. The molecule has 2 amide bonds. The van der Waals surface area contributed by atoms with Gasteiger partial charge in [0.15, 0.2) is 0 Å². The quantitative estimate of drug-likeness (QED) is 0.644. The largest absolute Gasteiger partial charge is 0.444 e. The van der Waals surface area contributed by atoms with E-state index in [1.165, 1.54) is 0 Å². The Kier molecular flexibility index (Phi) is 9.62. The number of β-amino-alcohol motifs (C(OH)–C–C–N with tert-alkyl or cyclic N) is 1. The Balaban J connectivity index is 0.000000335. The highest BCUT2D eigenvalue weighted by molar-refractivity contribution is 5.70. The first kappa shape index (κ1) is 29.5. The van der Waals surface area contributed by atoms with E-state index < -0.39 is 17.3 Å². The molecule has 0 aromatic carbocycles. The van der Waals surface area contributed by atoms with E-state index >= 15 is 0 Å². The number of amides is 2. The highest BCUT2D eigenvalue weighted by atomic mass is 16.6. The Morgan fingerprint density at radius 1 is 0.848 bits per heavy atom. The maximum atomic E-state index is 12.1. The molecule has 0 saturated carbocycles. The van der Waals surface area contributed by atoms with Gasteiger partial charge >= 0.3 is 12.2 Å². The molecule has 2 aliphatic heterocycles. The van der Waals surface area contributed by atoms with Crippen LogP contribution < -0.4 is 0 Å². The number of hydrogen-bond donors (Lipinski definition) is 2. The molecule has 0 radical (unpaired) electrons. The molecule has 0 bridgehead atoms. The molecular weight excluding hydrogens is 428 g/mol. The van der Waals surface area contributed by atoms with Gasteiger partial charge in [0.2, 0.25) is 0 Å². The number of nitrogens with zero attached hydrogens (tertiary/aromatic N) is 2. The number of likely N-dealkylation sites (tertiary alicyclic amines) is 2. The Morgan fingerprint density at radius 3 is 1.64 bits per heavy atom. The molecular formula is C24H46N2O7. The van der Waals surface area contributed by atoms with Crippen LogP contribution in [0.4, 0.5) is 9.59 Å². The van der Waals surface area contributed by atoms with Crippen molar-refractivity contribution >= 4 is 12.2 Å². The summed E-state index contributed by atoms with van der Waals surface area (Å²) in [5.41, 5.74) is -1.57. The molecule has 2 saturated heterocycles. The van der Waals surface area contributed by atoms with E-state index in [1.54, 1.807) is 9.80 Å². The summed E-state index contributed by atoms with van der Waals surface area (Å²) in [6.45, 7) is 20.1. The molecule has 0 aliphatic carbocycles. The SMILES string of the molecule is CC(C)(C)OC(=O)N1CC(O)CC1(C)C.CC(C)(C)OC(=O)N1CC(OCCO)CC1(C)C. The lowest BCUT2D eigenvalue weighted by Gasteiger charge is -2.33. The molecule has 0 spiro atoms. The minimum Gasteiger partial charge on any atom is -0.444 e. The van der Waals surface area contributed by atoms with Crippen molar-refractivity contribution < 1.29 is 34.0 Å². The van der Waals surface area contributed by atoms with Gasteiger partial charge in [0, 0.05) is 11.1 Å². The number of carbonyl (C=O) groups excluding carboxylic acids is 2. The summed E-state index contributed by atoms with van der Waals surface area (Å²) in [4.78, 5) is 27.2. The Bertz CT molecular complexity index is 665. The van der Waals surface area contributed by atoms with Crippen LogP contribution in [0, 0.1) is 0 Å². The van der Waals surface area contributed by atoms with Crippen LogP contribution in [0.15, 0.2) is 0 Å². The van der Waals surface area contributed by atoms with Gasteiger partial charge in [-0.2, -0.15) is 0 Å². The average Bonchev–Trinajstić information content (AvgIpc) is 3.04. The summed E-state index contributed by atoms with van der Waals surface area (Å²) >= 11 is 0. The van der Waals surface area contributed by atoms with Crippen LogP contribution in [0.1, 0.15) is 82.1 Å². The lowest BCUT2D eigenvalue weighted by Crippen LogP contribution is -2.45. The third-order valence-electron chi connectivity index (χ3n) is 5.38. The highest BCUT2D eigenvalue weighted by Crippen LogP contribution is 2.32. The molecule has 33 heavy (non-hydrogen) atoms. The number of hydrogen-bond acceptors (Lipinski definition) is 7. The fourth-order valence-corrected chi connectivity index (χ4v) is 4.00. The molecule has 2 aliphatic rings. The van der Waals surface area contributed by atoms with Gasteiger partial charge in [-0.05, 0) is 82.1 Å². The molecule has 2 N–H and O–H groups in total. The Morgan fingerprint density at radius 2 is 1.27 bits per heavy atom. The van der Waals surface area contributed by atoms with Crippen molar-refractivity contribution in [1.82, 2.24) is 9.80 Å². The van der Waals surface area contributed by atoms with Crippen LogP contribution in [-0.4, -0.2) is 93.0 Å². The summed E-state index contributed by atoms with van der Waals surface area (Å²) in [7, 11) is 0. The molecule has 2 rings (SSSR count). The van der Waals surface area contributed by atoms with Gasteiger partial charge in [0.1, 0.15) is 11.2 Å². The van der Waals surface area contributed by atoms with E-state index in [4.69, 9.17) is 19.3 Å². The third-order valence-corrected chi connectivity index (χ3v) is 5.38. The highest BCUT2D eigenvalue weighted by Gasteiger charge is 2.44. The first-order valence-corrected chi connectivity index (χ1v) is 11.7. The van der Waals surface area contributed by atoms with Crippen LogP contribution in [0.3, 0.4) is 0 Å². The Labute approximate surface area is 199 Å². The van der Waals surface area contributed by atoms with Gasteiger partial charge in [-0.3, -0.25) is 0 Å². The second-order valence-corrected chi connectivity index (χ2v) is 12.1. The molecule has 9 heteroatoms. The Hall–Kier alpha value is -1.58. The van der Waals surface area contributed by atoms with E-state index in [-0.39, 0.29) is 36.0 Å². The summed E-state index contributed by atoms with van der Waals surface area (Å²) in [5, 5.41) is 18.3. The third kappa shape index (κ3) is 9.66. The lowest BCUT2D eigenvalue weighted by molar-refractivity contribution is 0.00803. The zero-order valence-corrected chi connectivity index (χ0v) is 22.2. The van der Waals surface area contributed by atoms with E-state index in [2.05, 4.69) is 0 Å². The van der Waals surface area contributed by atoms with Gasteiger partial charge < -0.3 is 34.2 Å². The zero-order chi connectivity index (χ0) is 25.8. The van der Waals surface area contributed by atoms with Crippen LogP contribution >= 0.6 is 0 Å². The number of carbonyl (C=O) groups is 2. The second-order valence-electron chi connectivity index (χ2n) is 12.1. The van der Waals surface area contributed by atoms with Crippen molar-refractivity contribution in [3.8, 4) is 0 Å². The standard InChI is InChI=1S/C13H25NO4.C11H21NO3/c1-12(2,3)18-11(16)14-9-10(17-7-6-15)8-13(14,4)5;1-10(2,3)15-9(14)12-7-8(13)6-11(12,4)5/h10,15H,6-9H2,1-5H3;8,13H,6-7H2,1-5H3. The van der Waals surface area contributed by atoms with E-state index in [9.17, 15) is 14.7 Å². The van der Waals surface area contributed by atoms with E-state index in [1.807, 2.05) is 69.2 Å². The predicted molar refractivity (Wildman–Crippen MR) is 126 cm³/mol. The topological polar surface area (TPSA) is 109 Å². The van der Waals surface area contributed by atoms with Crippen molar-refractivity contribution in [2.24, 2.45) is 0 Å². The molecule has 9 nitrogen and oxygen atoms in total. The smallest absolute Gasteiger partial charge is 0.410 e. The van der Waals surface area contributed by atoms with Crippen molar-refractivity contribution in [2.45, 2.75) is 117 Å². The number of aliphatic hydroxyl groups excluding tert-OH is 2. The molecule has 2 unspecified atom stereocenters. The summed E-state index contributed by atoms with van der Waals surface area (Å²) in [6, 6.07) is 0. The maximum Gasteiger partial charge on any atom is 0.410 e. The molecule has 2 atom stereocenters. The minimum absolute atomic E-state index is 0.00334. The van der Waals surface area contributed by atoms with E-state index in [0.717, 1.165) is 6.42 Å². The molecule has 0 aromatic heterocycles. The van der Waals surface area contributed by atoms with Crippen LogP contribution in [0.25, 0.3) is 0 Å². The predicted octanol–water partition coefficient (Wildman–Crippen LogP) is 3.55. The van der Waals surface area contributed by atoms with Gasteiger partial charge in [-0.15, -0.1) is 0 Å². The maximum absolute atomic E-state index is 12.1. The second kappa shape index (κ2) is 10.8. The van der Waals surface area contributed by atoms with Crippen molar-refractivity contribution in [2.75, 3.05) is 26.3 Å². The first-order chi connectivity index (χ1) is 14.8. The van der Waals surface area contributed by atoms with Gasteiger partial charge in [0.25, 0.3) is 0 Å². The molecule has 194 valence electrons. The van der Waals surface area contributed by atoms with Crippen molar-refractivity contribution in [1.29, 1.82) is 0 Å². The van der Waals surface area contributed by atoms with Crippen LogP contribution in [0.2, 0.25) is 0 Å². The van der Waals surface area contributed by atoms with Crippen molar-refractivity contribution in [3.63, 3.8) is 0 Å². The lowest BCUT2D eigenvalue weighted by atomic mass is 10.0. The fraction of sp³-hybridized carbons (Fsp3) is 0.917. The van der Waals surface area contributed by atoms with Gasteiger partial charge in [0.05, 0.1) is 38.5 Å². The molecule has 2 heterocycles. The average molecular weight is 475 g/mol. The first-order valence-electron chi connectivity index (χ1n) is 11.7. The fourth-order valence-electron chi connectivity index (χ4n) is 4.00. The van der Waals surface area contributed by atoms with Crippen molar-refractivity contribution in [3.05, 3.63) is 0 Å².